The second-order valence-corrected chi connectivity index (χ2v) is 9.48. The molecule has 0 fully saturated rings. The molecule has 2 aromatic carbocycles. The van der Waals surface area contributed by atoms with Gasteiger partial charge in [0.15, 0.2) is 0 Å². The SMILES string of the molecule is COC(=O)c1cc(CCN(C)CCCC(C#N)(c2ccc(C)c(OC)c2)C(C)C)cc(C(=O)OC)c1. The molecule has 1 unspecified atom stereocenters. The van der Waals surface area contributed by atoms with Crippen LogP contribution in [-0.4, -0.2) is 58.3 Å². The van der Waals surface area contributed by atoms with Gasteiger partial charge in [-0.05, 0) is 86.7 Å². The van der Waals surface area contributed by atoms with E-state index in [-0.39, 0.29) is 5.92 Å². The van der Waals surface area contributed by atoms with E-state index < -0.39 is 17.4 Å². The number of likely N-dealkylation sites (N-methyl/N-ethyl adjacent to an activating group) is 1. The van der Waals surface area contributed by atoms with Gasteiger partial charge < -0.3 is 19.1 Å². The number of methoxy groups -OCH3 is 3. The third-order valence-electron chi connectivity index (χ3n) is 6.84. The van der Waals surface area contributed by atoms with Crippen LogP contribution in [0.1, 0.15) is 64.1 Å². The van der Waals surface area contributed by atoms with Crippen LogP contribution in [0.25, 0.3) is 0 Å². The number of hydrogen-bond donors (Lipinski definition) is 0. The van der Waals surface area contributed by atoms with Crippen LogP contribution >= 0.6 is 0 Å². The first-order valence-electron chi connectivity index (χ1n) is 12.2. The molecule has 2 aromatic rings. The minimum absolute atomic E-state index is 0.137. The fourth-order valence-electron chi connectivity index (χ4n) is 4.48. The van der Waals surface area contributed by atoms with Crippen molar-refractivity contribution in [3.8, 4) is 11.8 Å². The summed E-state index contributed by atoms with van der Waals surface area (Å²) >= 11 is 0. The molecule has 2 rings (SSSR count). The van der Waals surface area contributed by atoms with Gasteiger partial charge in [-0.1, -0.05) is 26.0 Å². The first-order chi connectivity index (χ1) is 17.1. The number of hydrogen-bond acceptors (Lipinski definition) is 7. The monoisotopic (exact) mass is 494 g/mol. The van der Waals surface area contributed by atoms with E-state index in [4.69, 9.17) is 14.2 Å². The summed E-state index contributed by atoms with van der Waals surface area (Å²) < 4.78 is 15.2. The van der Waals surface area contributed by atoms with Gasteiger partial charge in [-0.15, -0.1) is 0 Å². The molecular weight excluding hydrogens is 456 g/mol. The minimum atomic E-state index is -0.605. The van der Waals surface area contributed by atoms with Crippen LogP contribution < -0.4 is 4.74 Å². The predicted octanol–water partition coefficient (Wildman–Crippen LogP) is 4.95. The number of rotatable bonds is 12. The Labute approximate surface area is 215 Å². The topological polar surface area (TPSA) is 88.9 Å². The van der Waals surface area contributed by atoms with E-state index in [2.05, 4.69) is 24.8 Å². The molecule has 7 nitrogen and oxygen atoms in total. The summed E-state index contributed by atoms with van der Waals surface area (Å²) in [5.74, 6) is -0.0577. The first-order valence-corrected chi connectivity index (χ1v) is 12.2. The molecule has 0 amide bonds. The van der Waals surface area contributed by atoms with Gasteiger partial charge >= 0.3 is 11.9 Å². The number of carbonyl (C=O) groups excluding carboxylic acids is 2. The summed E-state index contributed by atoms with van der Waals surface area (Å²) in [4.78, 5) is 26.3. The Balaban J connectivity index is 2.09. The maximum absolute atomic E-state index is 12.0. The number of carbonyl (C=O) groups is 2. The summed E-state index contributed by atoms with van der Waals surface area (Å²) in [5, 5.41) is 10.3. The number of ether oxygens (including phenoxy) is 3. The molecule has 0 bridgehead atoms. The number of aryl methyl sites for hydroxylation is 1. The highest BCUT2D eigenvalue weighted by Gasteiger charge is 2.36. The summed E-state index contributed by atoms with van der Waals surface area (Å²) in [7, 11) is 6.31. The van der Waals surface area contributed by atoms with Crippen molar-refractivity contribution in [2.75, 3.05) is 41.5 Å². The molecule has 0 saturated carbocycles. The van der Waals surface area contributed by atoms with E-state index in [1.165, 1.54) is 20.3 Å². The van der Waals surface area contributed by atoms with Crippen LogP contribution in [0.3, 0.4) is 0 Å². The van der Waals surface area contributed by atoms with E-state index >= 15 is 0 Å². The minimum Gasteiger partial charge on any atom is -0.496 e. The van der Waals surface area contributed by atoms with Gasteiger partial charge in [-0.2, -0.15) is 5.26 Å². The Morgan fingerprint density at radius 3 is 2.11 bits per heavy atom. The van der Waals surface area contributed by atoms with E-state index in [1.54, 1.807) is 19.2 Å². The standard InChI is InChI=1S/C29H38N2O5/c1-20(2)29(19-30,25-10-9-21(3)26(18-25)34-5)12-8-13-31(4)14-11-22-15-23(27(32)35-6)17-24(16-22)28(33)36-7/h9-10,15-18,20H,8,11-14H2,1-7H3. The van der Waals surface area contributed by atoms with Crippen molar-refractivity contribution in [1.29, 1.82) is 5.26 Å². The quantitative estimate of drug-likeness (QED) is 0.386. The van der Waals surface area contributed by atoms with Crippen LogP contribution in [0.4, 0.5) is 0 Å². The lowest BCUT2D eigenvalue weighted by molar-refractivity contribution is 0.0599. The number of nitrogens with zero attached hydrogens (tertiary/aromatic N) is 2. The zero-order valence-electron chi connectivity index (χ0n) is 22.5. The Hall–Kier alpha value is -3.37. The second kappa shape index (κ2) is 13.1. The summed E-state index contributed by atoms with van der Waals surface area (Å²) in [6.07, 6.45) is 2.21. The van der Waals surface area contributed by atoms with Crippen LogP contribution in [0, 0.1) is 24.2 Å². The van der Waals surface area contributed by atoms with Crippen molar-refractivity contribution >= 4 is 11.9 Å². The van der Waals surface area contributed by atoms with E-state index in [0.717, 1.165) is 48.4 Å². The maximum atomic E-state index is 12.0. The largest absolute Gasteiger partial charge is 0.496 e. The first kappa shape index (κ1) is 28.9. The van der Waals surface area contributed by atoms with Gasteiger partial charge in [-0.3, -0.25) is 0 Å². The van der Waals surface area contributed by atoms with Crippen LogP contribution in [-0.2, 0) is 21.3 Å². The Morgan fingerprint density at radius 2 is 1.61 bits per heavy atom. The molecule has 0 radical (unpaired) electrons. The molecule has 0 aliphatic carbocycles. The molecule has 1 atom stereocenters. The van der Waals surface area contributed by atoms with Gasteiger partial charge in [0.25, 0.3) is 0 Å². The Kier molecular flexibility index (Phi) is 10.5. The summed E-state index contributed by atoms with van der Waals surface area (Å²) in [5.41, 5.74) is 2.92. The van der Waals surface area contributed by atoms with Crippen molar-refractivity contribution in [2.45, 2.75) is 45.4 Å². The van der Waals surface area contributed by atoms with Gasteiger partial charge in [0, 0.05) is 6.54 Å². The third-order valence-corrected chi connectivity index (χ3v) is 6.84. The van der Waals surface area contributed by atoms with Gasteiger partial charge in [0.05, 0.1) is 43.9 Å². The highest BCUT2D eigenvalue weighted by molar-refractivity contribution is 5.95. The highest BCUT2D eigenvalue weighted by Crippen LogP contribution is 2.38. The number of benzene rings is 2. The molecule has 0 aliphatic rings. The van der Waals surface area contributed by atoms with Gasteiger partial charge in [0.1, 0.15) is 5.75 Å². The van der Waals surface area contributed by atoms with Crippen molar-refractivity contribution in [3.63, 3.8) is 0 Å². The van der Waals surface area contributed by atoms with Crippen molar-refractivity contribution in [2.24, 2.45) is 5.92 Å². The van der Waals surface area contributed by atoms with Gasteiger partial charge in [0.2, 0.25) is 0 Å². The molecule has 0 heterocycles. The fourth-order valence-corrected chi connectivity index (χ4v) is 4.48. The zero-order valence-corrected chi connectivity index (χ0v) is 22.5. The predicted molar refractivity (Wildman–Crippen MR) is 139 cm³/mol. The molecule has 36 heavy (non-hydrogen) atoms. The van der Waals surface area contributed by atoms with Crippen molar-refractivity contribution in [3.05, 3.63) is 64.2 Å². The lowest BCUT2D eigenvalue weighted by Gasteiger charge is -2.32. The molecule has 0 aliphatic heterocycles. The van der Waals surface area contributed by atoms with E-state index in [1.807, 2.05) is 32.2 Å². The Morgan fingerprint density at radius 1 is 1.00 bits per heavy atom. The average Bonchev–Trinajstić information content (AvgIpc) is 2.89. The van der Waals surface area contributed by atoms with Crippen molar-refractivity contribution in [1.82, 2.24) is 4.90 Å². The molecule has 0 aromatic heterocycles. The van der Waals surface area contributed by atoms with Crippen LogP contribution in [0.2, 0.25) is 0 Å². The lowest BCUT2D eigenvalue weighted by Crippen LogP contribution is -2.32. The highest BCUT2D eigenvalue weighted by atomic mass is 16.5. The third kappa shape index (κ3) is 6.86. The summed E-state index contributed by atoms with van der Waals surface area (Å²) in [6, 6.07) is 13.6. The fraction of sp³-hybridized carbons (Fsp3) is 0.483. The zero-order chi connectivity index (χ0) is 26.9. The van der Waals surface area contributed by atoms with Gasteiger partial charge in [-0.25, -0.2) is 9.59 Å². The van der Waals surface area contributed by atoms with Crippen LogP contribution in [0.5, 0.6) is 5.75 Å². The van der Waals surface area contributed by atoms with E-state index in [9.17, 15) is 14.9 Å². The van der Waals surface area contributed by atoms with Crippen LogP contribution in [0.15, 0.2) is 36.4 Å². The average molecular weight is 495 g/mol. The molecular formula is C29H38N2O5. The maximum Gasteiger partial charge on any atom is 0.337 e. The Bertz CT molecular complexity index is 1070. The smallest absolute Gasteiger partial charge is 0.337 e. The summed E-state index contributed by atoms with van der Waals surface area (Å²) in [6.45, 7) is 7.71. The number of nitriles is 1. The molecule has 0 N–H and O–H groups in total. The molecule has 0 saturated heterocycles. The van der Waals surface area contributed by atoms with Crippen molar-refractivity contribution < 1.29 is 23.8 Å². The molecule has 7 heteroatoms. The molecule has 194 valence electrons. The second-order valence-electron chi connectivity index (χ2n) is 9.48. The lowest BCUT2D eigenvalue weighted by atomic mass is 9.69. The number of esters is 2. The normalized spacial score (nSPS) is 12.7. The van der Waals surface area contributed by atoms with E-state index in [0.29, 0.717) is 17.5 Å². The molecule has 0 spiro atoms.